The fraction of sp³-hybridized carbons (Fsp3) is 0.692. The number of anilines is 2. The molecule has 5 nitrogen and oxygen atoms in total. The highest BCUT2D eigenvalue weighted by Crippen LogP contribution is 2.25. The Labute approximate surface area is 109 Å². The third kappa shape index (κ3) is 4.05. The van der Waals surface area contributed by atoms with Crippen molar-refractivity contribution in [2.75, 3.05) is 17.6 Å². The molecule has 0 saturated heterocycles. The van der Waals surface area contributed by atoms with Gasteiger partial charge in [-0.25, -0.2) is 4.98 Å². The Morgan fingerprint density at radius 1 is 1.22 bits per heavy atom. The van der Waals surface area contributed by atoms with Crippen LogP contribution in [-0.4, -0.2) is 22.6 Å². The van der Waals surface area contributed by atoms with Gasteiger partial charge >= 0.3 is 0 Å². The van der Waals surface area contributed by atoms with Gasteiger partial charge in [0.1, 0.15) is 12.0 Å². The summed E-state index contributed by atoms with van der Waals surface area (Å²) in [6.45, 7) is 11.3. The van der Waals surface area contributed by atoms with Gasteiger partial charge in [-0.15, -0.1) is 0 Å². The molecule has 102 valence electrons. The van der Waals surface area contributed by atoms with Gasteiger partial charge in [0, 0.05) is 6.54 Å². The van der Waals surface area contributed by atoms with Crippen molar-refractivity contribution in [1.82, 2.24) is 9.97 Å². The number of hydrogen-bond donors (Lipinski definition) is 2. The molecular weight excluding hydrogens is 228 g/mol. The number of ether oxygens (including phenoxy) is 1. The van der Waals surface area contributed by atoms with Gasteiger partial charge in [-0.05, 0) is 25.7 Å². The van der Waals surface area contributed by atoms with Crippen LogP contribution in [0.2, 0.25) is 0 Å². The minimum atomic E-state index is 0.0460. The largest absolute Gasteiger partial charge is 0.473 e. The molecule has 0 spiro atoms. The van der Waals surface area contributed by atoms with Crippen LogP contribution in [0.1, 0.15) is 34.6 Å². The highest BCUT2D eigenvalue weighted by Gasteiger charge is 2.12. The predicted octanol–water partition coefficient (Wildman–Crippen LogP) is 2.55. The summed E-state index contributed by atoms with van der Waals surface area (Å²) < 4.78 is 5.52. The first-order valence-electron chi connectivity index (χ1n) is 6.42. The number of hydrogen-bond acceptors (Lipinski definition) is 5. The standard InChI is InChI=1S/C13H24N4O/c1-8(2)10(5)6-15-12-11(14)13(17-7-16-12)18-9(3)4/h7-10H,6,14H2,1-5H3,(H,15,16,17). The maximum absolute atomic E-state index is 5.98. The molecule has 1 rings (SSSR count). The van der Waals surface area contributed by atoms with E-state index in [9.17, 15) is 0 Å². The fourth-order valence-corrected chi connectivity index (χ4v) is 1.33. The molecule has 1 unspecified atom stereocenters. The fourth-order valence-electron chi connectivity index (χ4n) is 1.33. The Balaban J connectivity index is 2.72. The highest BCUT2D eigenvalue weighted by atomic mass is 16.5. The lowest BCUT2D eigenvalue weighted by Crippen LogP contribution is -2.18. The van der Waals surface area contributed by atoms with Gasteiger partial charge in [-0.1, -0.05) is 20.8 Å². The van der Waals surface area contributed by atoms with Crippen molar-refractivity contribution < 1.29 is 4.74 Å². The molecule has 0 aliphatic rings. The van der Waals surface area contributed by atoms with Gasteiger partial charge in [0.25, 0.3) is 0 Å². The third-order valence-electron chi connectivity index (χ3n) is 2.92. The maximum atomic E-state index is 5.98. The SMILES string of the molecule is CC(C)Oc1ncnc(NCC(C)C(C)C)c1N. The Bertz CT molecular complexity index is 379. The Morgan fingerprint density at radius 3 is 2.44 bits per heavy atom. The van der Waals surface area contributed by atoms with Crippen molar-refractivity contribution in [1.29, 1.82) is 0 Å². The second kappa shape index (κ2) is 6.42. The van der Waals surface area contributed by atoms with E-state index in [1.54, 1.807) is 0 Å². The minimum absolute atomic E-state index is 0.0460. The molecule has 1 aromatic rings. The molecule has 0 aliphatic heterocycles. The van der Waals surface area contributed by atoms with E-state index in [-0.39, 0.29) is 6.10 Å². The van der Waals surface area contributed by atoms with Crippen LogP contribution in [0.5, 0.6) is 5.88 Å². The van der Waals surface area contributed by atoms with Crippen LogP contribution in [0.25, 0.3) is 0 Å². The molecule has 0 radical (unpaired) electrons. The summed E-state index contributed by atoms with van der Waals surface area (Å²) in [4.78, 5) is 8.19. The molecular formula is C13H24N4O. The zero-order valence-electron chi connectivity index (χ0n) is 11.9. The van der Waals surface area contributed by atoms with E-state index < -0.39 is 0 Å². The average molecular weight is 252 g/mol. The van der Waals surface area contributed by atoms with Crippen LogP contribution in [0.3, 0.4) is 0 Å². The molecule has 0 aromatic carbocycles. The summed E-state index contributed by atoms with van der Waals surface area (Å²) in [5.74, 6) is 2.26. The second-order valence-corrected chi connectivity index (χ2v) is 5.21. The van der Waals surface area contributed by atoms with Gasteiger partial charge < -0.3 is 15.8 Å². The van der Waals surface area contributed by atoms with E-state index in [2.05, 4.69) is 36.1 Å². The van der Waals surface area contributed by atoms with E-state index in [1.807, 2.05) is 13.8 Å². The molecule has 5 heteroatoms. The average Bonchev–Trinajstić information content (AvgIpc) is 2.29. The van der Waals surface area contributed by atoms with Crippen LogP contribution in [0, 0.1) is 11.8 Å². The Morgan fingerprint density at radius 2 is 1.89 bits per heavy atom. The second-order valence-electron chi connectivity index (χ2n) is 5.21. The summed E-state index contributed by atoms with van der Waals surface area (Å²) in [7, 11) is 0. The first-order valence-corrected chi connectivity index (χ1v) is 6.42. The molecule has 1 heterocycles. The van der Waals surface area contributed by atoms with Crippen LogP contribution in [0.15, 0.2) is 6.33 Å². The number of nitrogen functional groups attached to an aromatic ring is 1. The van der Waals surface area contributed by atoms with Crippen molar-refractivity contribution in [3.05, 3.63) is 6.33 Å². The van der Waals surface area contributed by atoms with Crippen molar-refractivity contribution in [2.45, 2.75) is 40.7 Å². The molecule has 18 heavy (non-hydrogen) atoms. The highest BCUT2D eigenvalue weighted by molar-refractivity contribution is 5.66. The molecule has 0 aliphatic carbocycles. The first kappa shape index (κ1) is 14.5. The van der Waals surface area contributed by atoms with Gasteiger partial charge in [0.05, 0.1) is 6.10 Å². The maximum Gasteiger partial charge on any atom is 0.242 e. The van der Waals surface area contributed by atoms with E-state index in [1.165, 1.54) is 6.33 Å². The zero-order chi connectivity index (χ0) is 13.7. The molecule has 0 bridgehead atoms. The van der Waals surface area contributed by atoms with Crippen molar-refractivity contribution in [2.24, 2.45) is 11.8 Å². The summed E-state index contributed by atoms with van der Waals surface area (Å²) in [5, 5.41) is 3.25. The van der Waals surface area contributed by atoms with E-state index in [0.29, 0.717) is 29.2 Å². The first-order chi connectivity index (χ1) is 8.41. The normalized spacial score (nSPS) is 12.8. The van der Waals surface area contributed by atoms with Crippen LogP contribution in [0.4, 0.5) is 11.5 Å². The van der Waals surface area contributed by atoms with E-state index >= 15 is 0 Å². The van der Waals surface area contributed by atoms with Crippen LogP contribution in [-0.2, 0) is 0 Å². The molecule has 3 N–H and O–H groups in total. The summed E-state index contributed by atoms with van der Waals surface area (Å²) in [6, 6.07) is 0. The number of nitrogens with zero attached hydrogens (tertiary/aromatic N) is 2. The van der Waals surface area contributed by atoms with Crippen molar-refractivity contribution >= 4 is 11.5 Å². The molecule has 0 fully saturated rings. The molecule has 1 atom stereocenters. The smallest absolute Gasteiger partial charge is 0.242 e. The summed E-state index contributed by atoms with van der Waals surface area (Å²) >= 11 is 0. The monoisotopic (exact) mass is 252 g/mol. The van der Waals surface area contributed by atoms with Crippen LogP contribution >= 0.6 is 0 Å². The number of rotatable bonds is 6. The topological polar surface area (TPSA) is 73.1 Å². The van der Waals surface area contributed by atoms with E-state index in [0.717, 1.165) is 6.54 Å². The van der Waals surface area contributed by atoms with Gasteiger partial charge in [0.2, 0.25) is 5.88 Å². The lowest BCUT2D eigenvalue weighted by atomic mass is 9.98. The predicted molar refractivity (Wildman–Crippen MR) is 74.7 cm³/mol. The zero-order valence-corrected chi connectivity index (χ0v) is 11.9. The minimum Gasteiger partial charge on any atom is -0.473 e. The molecule has 0 saturated carbocycles. The quantitative estimate of drug-likeness (QED) is 0.814. The van der Waals surface area contributed by atoms with Crippen LogP contribution < -0.4 is 15.8 Å². The van der Waals surface area contributed by atoms with E-state index in [4.69, 9.17) is 10.5 Å². The third-order valence-corrected chi connectivity index (χ3v) is 2.92. The lowest BCUT2D eigenvalue weighted by Gasteiger charge is -2.18. The van der Waals surface area contributed by atoms with Gasteiger partial charge in [-0.3, -0.25) is 0 Å². The lowest BCUT2D eigenvalue weighted by molar-refractivity contribution is 0.234. The Hall–Kier alpha value is -1.52. The Kier molecular flexibility index (Phi) is 5.19. The molecule has 1 aromatic heterocycles. The van der Waals surface area contributed by atoms with Gasteiger partial charge in [0.15, 0.2) is 5.82 Å². The summed E-state index contributed by atoms with van der Waals surface area (Å²) in [5.41, 5.74) is 6.46. The molecule has 0 amide bonds. The van der Waals surface area contributed by atoms with Crippen molar-refractivity contribution in [3.8, 4) is 5.88 Å². The number of nitrogens with one attached hydrogen (secondary N) is 1. The van der Waals surface area contributed by atoms with Gasteiger partial charge in [-0.2, -0.15) is 4.98 Å². The van der Waals surface area contributed by atoms with Crippen molar-refractivity contribution in [3.63, 3.8) is 0 Å². The number of nitrogens with two attached hydrogens (primary N) is 1. The summed E-state index contributed by atoms with van der Waals surface area (Å²) in [6.07, 6.45) is 1.51. The number of aromatic nitrogens is 2.